The number of hydrogen-bond acceptors (Lipinski definition) is 5. The highest BCUT2D eigenvalue weighted by molar-refractivity contribution is 6.32. The number of ketones is 1. The van der Waals surface area contributed by atoms with Crippen molar-refractivity contribution in [3.63, 3.8) is 0 Å². The number of methoxy groups -OCH3 is 1. The van der Waals surface area contributed by atoms with E-state index in [9.17, 15) is 9.59 Å². The van der Waals surface area contributed by atoms with E-state index in [0.717, 1.165) is 5.56 Å². The van der Waals surface area contributed by atoms with Crippen molar-refractivity contribution in [3.8, 4) is 17.2 Å². The van der Waals surface area contributed by atoms with E-state index in [0.29, 0.717) is 34.4 Å². The zero-order valence-electron chi connectivity index (χ0n) is 16.9. The SMILES string of the molecule is CCOc1cc(/C=C/C(=O)c2ccc(OCC(=O)N(C)C)cc2)cc(Cl)c1OC. The molecule has 29 heavy (non-hydrogen) atoms. The molecule has 0 unspecified atom stereocenters. The van der Waals surface area contributed by atoms with E-state index in [2.05, 4.69) is 0 Å². The molecular weight excluding hydrogens is 394 g/mol. The molecule has 0 saturated heterocycles. The molecule has 0 N–H and O–H groups in total. The second kappa shape index (κ2) is 10.5. The highest BCUT2D eigenvalue weighted by Gasteiger charge is 2.11. The monoisotopic (exact) mass is 417 g/mol. The van der Waals surface area contributed by atoms with Crippen molar-refractivity contribution < 1.29 is 23.8 Å². The summed E-state index contributed by atoms with van der Waals surface area (Å²) >= 11 is 6.23. The van der Waals surface area contributed by atoms with Crippen molar-refractivity contribution in [2.24, 2.45) is 0 Å². The van der Waals surface area contributed by atoms with Crippen LogP contribution < -0.4 is 14.2 Å². The van der Waals surface area contributed by atoms with Gasteiger partial charge in [0, 0.05) is 19.7 Å². The van der Waals surface area contributed by atoms with Crippen molar-refractivity contribution in [1.82, 2.24) is 4.90 Å². The van der Waals surface area contributed by atoms with Crippen LogP contribution in [0.1, 0.15) is 22.8 Å². The molecule has 0 saturated carbocycles. The molecule has 0 atom stereocenters. The summed E-state index contributed by atoms with van der Waals surface area (Å²) in [5.74, 6) is 1.18. The molecule has 0 aliphatic rings. The summed E-state index contributed by atoms with van der Waals surface area (Å²) in [7, 11) is 4.84. The molecule has 0 heterocycles. The van der Waals surface area contributed by atoms with E-state index >= 15 is 0 Å². The summed E-state index contributed by atoms with van der Waals surface area (Å²) in [6.07, 6.45) is 3.12. The second-order valence-corrected chi connectivity index (χ2v) is 6.67. The number of likely N-dealkylation sites (N-methyl/N-ethyl adjacent to an activating group) is 1. The summed E-state index contributed by atoms with van der Waals surface area (Å²) in [6, 6.07) is 10.1. The highest BCUT2D eigenvalue weighted by Crippen LogP contribution is 2.36. The van der Waals surface area contributed by atoms with Gasteiger partial charge < -0.3 is 19.1 Å². The van der Waals surface area contributed by atoms with Crippen molar-refractivity contribution in [2.75, 3.05) is 34.4 Å². The predicted octanol–water partition coefficient (Wildman–Crippen LogP) is 4.11. The number of hydrogen-bond donors (Lipinski definition) is 0. The zero-order valence-corrected chi connectivity index (χ0v) is 17.7. The maximum atomic E-state index is 12.4. The van der Waals surface area contributed by atoms with Gasteiger partial charge in [-0.25, -0.2) is 0 Å². The maximum Gasteiger partial charge on any atom is 0.259 e. The van der Waals surface area contributed by atoms with Gasteiger partial charge in [-0.05, 0) is 55.0 Å². The number of carbonyl (C=O) groups is 2. The Hall–Kier alpha value is -2.99. The topological polar surface area (TPSA) is 65.1 Å². The van der Waals surface area contributed by atoms with Crippen LogP contribution in [0.2, 0.25) is 5.02 Å². The van der Waals surface area contributed by atoms with Crippen LogP contribution in [0.4, 0.5) is 0 Å². The van der Waals surface area contributed by atoms with Crippen LogP contribution in [-0.4, -0.2) is 51.0 Å². The molecule has 7 heteroatoms. The van der Waals surface area contributed by atoms with Crippen LogP contribution in [-0.2, 0) is 4.79 Å². The van der Waals surface area contributed by atoms with E-state index in [1.165, 1.54) is 18.1 Å². The lowest BCUT2D eigenvalue weighted by Gasteiger charge is -2.12. The number of rotatable bonds is 9. The van der Waals surface area contributed by atoms with Crippen LogP contribution >= 0.6 is 11.6 Å². The first-order valence-electron chi connectivity index (χ1n) is 9.01. The van der Waals surface area contributed by atoms with Gasteiger partial charge in [-0.1, -0.05) is 17.7 Å². The van der Waals surface area contributed by atoms with Crippen molar-refractivity contribution in [3.05, 3.63) is 58.6 Å². The number of amides is 1. The summed E-state index contributed by atoms with van der Waals surface area (Å²) in [5.41, 5.74) is 1.21. The van der Waals surface area contributed by atoms with Crippen molar-refractivity contribution >= 4 is 29.4 Å². The third-order valence-corrected chi connectivity index (χ3v) is 4.24. The minimum absolute atomic E-state index is 0.0550. The van der Waals surface area contributed by atoms with E-state index in [-0.39, 0.29) is 18.3 Å². The quantitative estimate of drug-likeness (QED) is 0.453. The normalized spacial score (nSPS) is 10.7. The molecule has 0 spiro atoms. The first kappa shape index (κ1) is 22.3. The average Bonchev–Trinajstić information content (AvgIpc) is 2.70. The first-order chi connectivity index (χ1) is 13.8. The average molecular weight is 418 g/mol. The lowest BCUT2D eigenvalue weighted by atomic mass is 10.1. The Morgan fingerprint density at radius 2 is 1.79 bits per heavy atom. The zero-order chi connectivity index (χ0) is 21.4. The van der Waals surface area contributed by atoms with Crippen LogP contribution in [0.15, 0.2) is 42.5 Å². The van der Waals surface area contributed by atoms with Crippen LogP contribution in [0.5, 0.6) is 17.2 Å². The molecule has 0 aliphatic carbocycles. The summed E-state index contributed by atoms with van der Waals surface area (Å²) in [5, 5.41) is 0.402. The van der Waals surface area contributed by atoms with Crippen molar-refractivity contribution in [1.29, 1.82) is 0 Å². The van der Waals surface area contributed by atoms with Gasteiger partial charge in [-0.3, -0.25) is 9.59 Å². The van der Waals surface area contributed by atoms with E-state index in [4.69, 9.17) is 25.8 Å². The largest absolute Gasteiger partial charge is 0.491 e. The molecule has 0 bridgehead atoms. The number of halogens is 1. The summed E-state index contributed by atoms with van der Waals surface area (Å²) in [4.78, 5) is 25.4. The van der Waals surface area contributed by atoms with E-state index in [1.807, 2.05) is 6.92 Å². The van der Waals surface area contributed by atoms with Crippen LogP contribution in [0.25, 0.3) is 6.08 Å². The maximum absolute atomic E-state index is 12.4. The molecule has 2 aromatic carbocycles. The van der Waals surface area contributed by atoms with Gasteiger partial charge in [0.15, 0.2) is 23.9 Å². The molecule has 6 nitrogen and oxygen atoms in total. The molecule has 0 aromatic heterocycles. The minimum atomic E-state index is -0.175. The molecule has 0 radical (unpaired) electrons. The Bertz CT molecular complexity index is 891. The minimum Gasteiger partial charge on any atom is -0.491 e. The fraction of sp³-hybridized carbons (Fsp3) is 0.273. The van der Waals surface area contributed by atoms with E-state index < -0.39 is 0 Å². The molecular formula is C22H24ClNO5. The first-order valence-corrected chi connectivity index (χ1v) is 9.39. The van der Waals surface area contributed by atoms with Crippen molar-refractivity contribution in [2.45, 2.75) is 6.92 Å². The van der Waals surface area contributed by atoms with E-state index in [1.54, 1.807) is 56.6 Å². The molecule has 2 rings (SSSR count). The lowest BCUT2D eigenvalue weighted by molar-refractivity contribution is -0.130. The molecule has 0 fully saturated rings. The number of benzene rings is 2. The van der Waals surface area contributed by atoms with Gasteiger partial charge in [0.1, 0.15) is 5.75 Å². The fourth-order valence-corrected chi connectivity index (χ4v) is 2.70. The number of allylic oxidation sites excluding steroid dienone is 1. The third kappa shape index (κ3) is 6.26. The standard InChI is InChI=1S/C22H24ClNO5/c1-5-28-20-13-15(12-18(23)22(20)27-4)6-11-19(25)16-7-9-17(10-8-16)29-14-21(26)24(2)3/h6-13H,5,14H2,1-4H3/b11-6+. The smallest absolute Gasteiger partial charge is 0.259 e. The van der Waals surface area contributed by atoms with Gasteiger partial charge in [0.2, 0.25) is 0 Å². The Balaban J connectivity index is 2.08. The number of nitrogens with zero attached hydrogens (tertiary/aromatic N) is 1. The van der Waals surface area contributed by atoms with Gasteiger partial charge >= 0.3 is 0 Å². The van der Waals surface area contributed by atoms with Gasteiger partial charge in [-0.15, -0.1) is 0 Å². The van der Waals surface area contributed by atoms with Gasteiger partial charge in [0.05, 0.1) is 18.7 Å². The third-order valence-electron chi connectivity index (χ3n) is 3.96. The number of ether oxygens (including phenoxy) is 3. The fourth-order valence-electron chi connectivity index (χ4n) is 2.40. The lowest BCUT2D eigenvalue weighted by Crippen LogP contribution is -2.27. The highest BCUT2D eigenvalue weighted by atomic mass is 35.5. The predicted molar refractivity (Wildman–Crippen MR) is 113 cm³/mol. The molecule has 154 valence electrons. The Morgan fingerprint density at radius 1 is 1.10 bits per heavy atom. The Kier molecular flexibility index (Phi) is 8.09. The van der Waals surface area contributed by atoms with Crippen LogP contribution in [0.3, 0.4) is 0 Å². The Labute approximate surface area is 175 Å². The van der Waals surface area contributed by atoms with Crippen LogP contribution in [0, 0.1) is 0 Å². The summed E-state index contributed by atoms with van der Waals surface area (Å²) < 4.78 is 16.2. The molecule has 0 aliphatic heterocycles. The van der Waals surface area contributed by atoms with Gasteiger partial charge in [-0.2, -0.15) is 0 Å². The molecule has 2 aromatic rings. The Morgan fingerprint density at radius 3 is 2.38 bits per heavy atom. The van der Waals surface area contributed by atoms with Gasteiger partial charge in [0.25, 0.3) is 5.91 Å². The second-order valence-electron chi connectivity index (χ2n) is 6.27. The molecule has 1 amide bonds. The summed E-state index contributed by atoms with van der Waals surface area (Å²) in [6.45, 7) is 2.27. The number of carbonyl (C=O) groups excluding carboxylic acids is 2.